The normalized spacial score (nSPS) is 17.3. The smallest absolute Gasteiger partial charge is 0.249 e. The van der Waals surface area contributed by atoms with Crippen molar-refractivity contribution in [1.29, 1.82) is 0 Å². The number of anilines is 1. The predicted octanol–water partition coefficient (Wildman–Crippen LogP) is 3.02. The fourth-order valence-electron chi connectivity index (χ4n) is 4.58. The van der Waals surface area contributed by atoms with Gasteiger partial charge in [-0.3, -0.25) is 9.69 Å². The van der Waals surface area contributed by atoms with Crippen molar-refractivity contribution in [3.8, 4) is 22.6 Å². The van der Waals surface area contributed by atoms with Crippen LogP contribution in [-0.2, 0) is 21.6 Å². The van der Waals surface area contributed by atoms with E-state index in [1.165, 1.54) is 0 Å². The molecule has 1 atom stereocenters. The number of ether oxygens (including phenoxy) is 1. The number of nitrogens with one attached hydrogen (secondary N) is 1. The number of carbonyl (C=O) groups is 1. The third kappa shape index (κ3) is 3.65. The Hall–Kier alpha value is -3.76. The number of aryl methyl sites for hydroxylation is 2. The molecule has 0 radical (unpaired) electrons. The van der Waals surface area contributed by atoms with Crippen molar-refractivity contribution >= 4 is 22.8 Å². The van der Waals surface area contributed by atoms with Crippen molar-refractivity contribution in [2.24, 2.45) is 0 Å². The Morgan fingerprint density at radius 2 is 1.91 bits per heavy atom. The van der Waals surface area contributed by atoms with Crippen LogP contribution in [0.1, 0.15) is 25.2 Å². The average molecular weight is 473 g/mol. The molecule has 0 saturated carbocycles. The number of amides is 1. The maximum absolute atomic E-state index is 13.0. The minimum absolute atomic E-state index is 0.0620. The Bertz CT molecular complexity index is 1420. The first-order valence-corrected chi connectivity index (χ1v) is 11.5. The molecule has 1 unspecified atom stereocenters. The third-order valence-corrected chi connectivity index (χ3v) is 6.79. The molecule has 10 heteroatoms. The van der Waals surface area contributed by atoms with Crippen LogP contribution in [0.4, 0.5) is 5.69 Å². The van der Waals surface area contributed by atoms with Gasteiger partial charge in [-0.15, -0.1) is 0 Å². The Balaban J connectivity index is 1.64. The number of benzene rings is 1. The van der Waals surface area contributed by atoms with Crippen molar-refractivity contribution in [2.45, 2.75) is 32.9 Å². The van der Waals surface area contributed by atoms with Crippen LogP contribution in [0.15, 0.2) is 36.9 Å². The molecule has 5 rings (SSSR count). The second kappa shape index (κ2) is 8.79. The van der Waals surface area contributed by atoms with E-state index in [1.807, 2.05) is 48.6 Å². The van der Waals surface area contributed by atoms with E-state index in [9.17, 15) is 4.79 Å². The van der Waals surface area contributed by atoms with Gasteiger partial charge in [-0.25, -0.2) is 24.9 Å². The number of hydrogen-bond acceptors (Lipinski definition) is 8. The minimum atomic E-state index is -0.830. The summed E-state index contributed by atoms with van der Waals surface area (Å²) in [6.07, 6.45) is 5.11. The summed E-state index contributed by atoms with van der Waals surface area (Å²) >= 11 is 0. The molecule has 4 heterocycles. The van der Waals surface area contributed by atoms with Gasteiger partial charge in [0.05, 0.1) is 12.2 Å². The lowest BCUT2D eigenvalue weighted by Gasteiger charge is -2.33. The van der Waals surface area contributed by atoms with Gasteiger partial charge in [-0.05, 0) is 40.0 Å². The zero-order valence-corrected chi connectivity index (χ0v) is 20.5. The van der Waals surface area contributed by atoms with E-state index >= 15 is 0 Å². The zero-order valence-electron chi connectivity index (χ0n) is 20.5. The summed E-state index contributed by atoms with van der Waals surface area (Å²) in [7, 11) is 3.59. The second-order valence-electron chi connectivity index (χ2n) is 8.79. The Morgan fingerprint density at radius 1 is 1.14 bits per heavy atom. The van der Waals surface area contributed by atoms with Crippen molar-refractivity contribution in [3.05, 3.63) is 48.3 Å². The van der Waals surface area contributed by atoms with Crippen LogP contribution in [-0.4, -0.2) is 67.6 Å². The Labute approximate surface area is 203 Å². The Morgan fingerprint density at radius 3 is 2.63 bits per heavy atom. The maximum Gasteiger partial charge on any atom is 0.249 e. The monoisotopic (exact) mass is 472 g/mol. The number of carbonyl (C=O) groups excluding carboxylic acids is 1. The number of likely N-dealkylation sites (N-methyl/N-ethyl adjacent to an activating group) is 1. The van der Waals surface area contributed by atoms with Crippen molar-refractivity contribution in [1.82, 2.24) is 34.4 Å². The minimum Gasteiger partial charge on any atom is -0.383 e. The summed E-state index contributed by atoms with van der Waals surface area (Å²) in [4.78, 5) is 37.8. The van der Waals surface area contributed by atoms with Gasteiger partial charge in [-0.1, -0.05) is 6.07 Å². The lowest BCUT2D eigenvalue weighted by atomic mass is 9.90. The highest BCUT2D eigenvalue weighted by atomic mass is 16.5. The van der Waals surface area contributed by atoms with Gasteiger partial charge in [-0.2, -0.15) is 0 Å². The maximum atomic E-state index is 13.0. The molecule has 4 aromatic rings. The highest BCUT2D eigenvalue weighted by Gasteiger charge is 2.46. The molecule has 0 aliphatic carbocycles. The molecule has 0 spiro atoms. The fraction of sp³-hybridized carbons (Fsp3) is 0.360. The summed E-state index contributed by atoms with van der Waals surface area (Å²) < 4.78 is 7.28. The number of rotatable bonds is 7. The molecule has 0 fully saturated rings. The summed E-state index contributed by atoms with van der Waals surface area (Å²) in [5.74, 6) is 1.38. The standard InChI is InChI=1S/C25H28N8O2/c1-6-33-22(17-12-26-15(2)27-13-17)31-21-20(28-14-29-23(21)33)16-7-8-19-18(11-16)25(3,24(34)30-19)32(4)9-10-35-5/h7-8,11-14H,6,9-10H2,1-5H3,(H,30,34). The van der Waals surface area contributed by atoms with Crippen LogP contribution in [0.2, 0.25) is 0 Å². The van der Waals surface area contributed by atoms with Crippen molar-refractivity contribution in [2.75, 3.05) is 32.6 Å². The van der Waals surface area contributed by atoms with E-state index in [2.05, 4.69) is 32.2 Å². The molecule has 3 aromatic heterocycles. The number of imidazole rings is 1. The summed E-state index contributed by atoms with van der Waals surface area (Å²) in [6, 6.07) is 5.91. The van der Waals surface area contributed by atoms with Crippen LogP contribution in [0.5, 0.6) is 0 Å². The Kier molecular flexibility index (Phi) is 5.78. The van der Waals surface area contributed by atoms with Gasteiger partial charge in [0, 0.05) is 49.4 Å². The second-order valence-corrected chi connectivity index (χ2v) is 8.79. The lowest BCUT2D eigenvalue weighted by molar-refractivity contribution is -0.126. The van der Waals surface area contributed by atoms with Gasteiger partial charge < -0.3 is 14.6 Å². The molecule has 35 heavy (non-hydrogen) atoms. The molecule has 1 aliphatic heterocycles. The first-order chi connectivity index (χ1) is 16.9. The fourth-order valence-corrected chi connectivity index (χ4v) is 4.58. The highest BCUT2D eigenvalue weighted by molar-refractivity contribution is 6.06. The number of aromatic nitrogens is 6. The van der Waals surface area contributed by atoms with Gasteiger partial charge in [0.15, 0.2) is 5.65 Å². The first-order valence-electron chi connectivity index (χ1n) is 11.5. The van der Waals surface area contributed by atoms with Gasteiger partial charge in [0.25, 0.3) is 0 Å². The largest absolute Gasteiger partial charge is 0.383 e. The van der Waals surface area contributed by atoms with Gasteiger partial charge >= 0.3 is 0 Å². The summed E-state index contributed by atoms with van der Waals surface area (Å²) in [6.45, 7) is 7.66. The van der Waals surface area contributed by atoms with Gasteiger partial charge in [0.2, 0.25) is 5.91 Å². The number of hydrogen-bond donors (Lipinski definition) is 1. The molecule has 1 aromatic carbocycles. The first kappa shape index (κ1) is 23.0. The average Bonchev–Trinajstić information content (AvgIpc) is 3.37. The zero-order chi connectivity index (χ0) is 24.7. The molecular weight excluding hydrogens is 444 g/mol. The summed E-state index contributed by atoms with van der Waals surface area (Å²) in [5.41, 5.74) is 4.69. The van der Waals surface area contributed by atoms with E-state index < -0.39 is 5.54 Å². The summed E-state index contributed by atoms with van der Waals surface area (Å²) in [5, 5.41) is 3.02. The van der Waals surface area contributed by atoms with E-state index in [4.69, 9.17) is 9.72 Å². The van der Waals surface area contributed by atoms with Crippen LogP contribution in [0, 0.1) is 6.92 Å². The van der Waals surface area contributed by atoms with Crippen molar-refractivity contribution < 1.29 is 9.53 Å². The van der Waals surface area contributed by atoms with Crippen LogP contribution in [0.3, 0.4) is 0 Å². The van der Waals surface area contributed by atoms with E-state index in [0.29, 0.717) is 36.7 Å². The number of nitrogens with zero attached hydrogens (tertiary/aromatic N) is 7. The van der Waals surface area contributed by atoms with E-state index in [-0.39, 0.29) is 5.91 Å². The SMILES string of the molecule is CCn1c(-c2cnc(C)nc2)nc2c(-c3ccc4c(c3)C(C)(N(C)CCOC)C(=O)N4)ncnc21. The lowest BCUT2D eigenvalue weighted by Crippen LogP contribution is -2.47. The molecule has 1 N–H and O–H groups in total. The number of fused-ring (bicyclic) bond motifs is 2. The predicted molar refractivity (Wildman–Crippen MR) is 133 cm³/mol. The molecule has 1 aliphatic rings. The third-order valence-electron chi connectivity index (χ3n) is 6.79. The van der Waals surface area contributed by atoms with Crippen LogP contribution in [0.25, 0.3) is 33.8 Å². The highest BCUT2D eigenvalue weighted by Crippen LogP contribution is 2.42. The van der Waals surface area contributed by atoms with Crippen LogP contribution >= 0.6 is 0 Å². The molecular formula is C25H28N8O2. The van der Waals surface area contributed by atoms with Crippen LogP contribution < -0.4 is 5.32 Å². The quantitative estimate of drug-likeness (QED) is 0.437. The molecule has 180 valence electrons. The van der Waals surface area contributed by atoms with E-state index in [0.717, 1.165) is 33.8 Å². The molecule has 0 saturated heterocycles. The van der Waals surface area contributed by atoms with Gasteiger partial charge in [0.1, 0.15) is 34.7 Å². The molecule has 10 nitrogen and oxygen atoms in total. The number of methoxy groups -OCH3 is 1. The topological polar surface area (TPSA) is 111 Å². The molecule has 0 bridgehead atoms. The van der Waals surface area contributed by atoms with E-state index in [1.54, 1.807) is 25.8 Å². The molecule has 1 amide bonds. The van der Waals surface area contributed by atoms with Crippen molar-refractivity contribution in [3.63, 3.8) is 0 Å².